The molecule has 1 rings (SSSR count). The molecule has 4 nitrogen and oxygen atoms in total. The highest BCUT2D eigenvalue weighted by molar-refractivity contribution is 5.48. The fourth-order valence-corrected chi connectivity index (χ4v) is 3.01. The lowest BCUT2D eigenvalue weighted by Gasteiger charge is -2.45. The summed E-state index contributed by atoms with van der Waals surface area (Å²) in [6.07, 6.45) is 1.07. The summed E-state index contributed by atoms with van der Waals surface area (Å²) in [6, 6.07) is 0.773. The van der Waals surface area contributed by atoms with Crippen LogP contribution in [0.3, 0.4) is 0 Å². The second kappa shape index (κ2) is 7.25. The number of rotatable bonds is 8. The minimum atomic E-state index is 0.0754. The van der Waals surface area contributed by atoms with E-state index in [1.54, 1.807) is 7.11 Å². The molecule has 0 aliphatic carbocycles. The van der Waals surface area contributed by atoms with Gasteiger partial charge in [-0.05, 0) is 26.7 Å². The number of methoxy groups -OCH3 is 1. The maximum absolute atomic E-state index is 11.4. The number of hydrogen-bond acceptors (Lipinski definition) is 3. The molecule has 1 fully saturated rings. The molecule has 112 valence electrons. The monoisotopic (exact) mass is 270 g/mol. The first-order valence-corrected chi connectivity index (χ1v) is 7.38. The third-order valence-corrected chi connectivity index (χ3v) is 4.24. The minimum Gasteiger partial charge on any atom is -0.380 e. The maximum atomic E-state index is 11.4. The summed E-state index contributed by atoms with van der Waals surface area (Å²) in [6.45, 7) is 13.8. The molecule has 2 atom stereocenters. The molecule has 0 bridgehead atoms. The summed E-state index contributed by atoms with van der Waals surface area (Å²) < 4.78 is 5.44. The maximum Gasteiger partial charge on any atom is 0.210 e. The predicted octanol–water partition coefficient (Wildman–Crippen LogP) is 1.84. The Kier molecular flexibility index (Phi) is 6.27. The average molecular weight is 270 g/mol. The molecule has 0 saturated carbocycles. The molecule has 1 aliphatic rings. The quantitative estimate of drug-likeness (QED) is 0.631. The van der Waals surface area contributed by atoms with Crippen molar-refractivity contribution in [1.29, 1.82) is 0 Å². The SMILES string of the molecule is COC(C)C(C(C)C)N(C=O)CC1CN(C(C)C)C1. The van der Waals surface area contributed by atoms with E-state index in [1.165, 1.54) is 0 Å². The molecular formula is C15H30N2O2. The van der Waals surface area contributed by atoms with Crippen molar-refractivity contribution in [2.75, 3.05) is 26.7 Å². The van der Waals surface area contributed by atoms with Gasteiger partial charge in [0.25, 0.3) is 0 Å². The van der Waals surface area contributed by atoms with E-state index in [0.29, 0.717) is 17.9 Å². The summed E-state index contributed by atoms with van der Waals surface area (Å²) >= 11 is 0. The van der Waals surface area contributed by atoms with E-state index in [9.17, 15) is 4.79 Å². The highest BCUT2D eigenvalue weighted by Crippen LogP contribution is 2.23. The van der Waals surface area contributed by atoms with Crippen molar-refractivity contribution in [2.24, 2.45) is 11.8 Å². The number of ether oxygens (including phenoxy) is 1. The van der Waals surface area contributed by atoms with Crippen molar-refractivity contribution in [3.05, 3.63) is 0 Å². The van der Waals surface area contributed by atoms with Gasteiger partial charge in [-0.2, -0.15) is 0 Å². The van der Waals surface area contributed by atoms with E-state index < -0.39 is 0 Å². The van der Waals surface area contributed by atoms with Crippen molar-refractivity contribution in [3.8, 4) is 0 Å². The van der Waals surface area contributed by atoms with E-state index >= 15 is 0 Å². The second-order valence-electron chi connectivity index (χ2n) is 6.39. The highest BCUT2D eigenvalue weighted by atomic mass is 16.5. The third-order valence-electron chi connectivity index (χ3n) is 4.24. The van der Waals surface area contributed by atoms with Gasteiger partial charge in [0.2, 0.25) is 6.41 Å². The molecule has 1 aliphatic heterocycles. The standard InChI is InChI=1S/C15H30N2O2/c1-11(2)15(13(5)19-6)17(10-18)9-14-7-16(8-14)12(3)4/h10-15H,7-9H2,1-6H3. The molecule has 2 unspecified atom stereocenters. The van der Waals surface area contributed by atoms with Gasteiger partial charge in [-0.25, -0.2) is 0 Å². The minimum absolute atomic E-state index is 0.0754. The zero-order valence-corrected chi connectivity index (χ0v) is 13.3. The summed E-state index contributed by atoms with van der Waals surface area (Å²) in [5, 5.41) is 0. The van der Waals surface area contributed by atoms with E-state index in [4.69, 9.17) is 4.74 Å². The lowest BCUT2D eigenvalue weighted by molar-refractivity contribution is -0.127. The Morgan fingerprint density at radius 2 is 1.84 bits per heavy atom. The number of hydrogen-bond donors (Lipinski definition) is 0. The Labute approximate surface area is 118 Å². The van der Waals surface area contributed by atoms with Crippen molar-refractivity contribution >= 4 is 6.41 Å². The van der Waals surface area contributed by atoms with Crippen LogP contribution in [0.4, 0.5) is 0 Å². The Morgan fingerprint density at radius 1 is 1.26 bits per heavy atom. The molecule has 0 aromatic carbocycles. The van der Waals surface area contributed by atoms with Gasteiger partial charge in [-0.1, -0.05) is 13.8 Å². The van der Waals surface area contributed by atoms with Crippen molar-refractivity contribution in [2.45, 2.75) is 52.8 Å². The van der Waals surface area contributed by atoms with E-state index in [0.717, 1.165) is 26.0 Å². The predicted molar refractivity (Wildman–Crippen MR) is 78.1 cm³/mol. The fourth-order valence-electron chi connectivity index (χ4n) is 3.01. The van der Waals surface area contributed by atoms with E-state index in [2.05, 4.69) is 32.6 Å². The van der Waals surface area contributed by atoms with Crippen LogP contribution in [0.1, 0.15) is 34.6 Å². The van der Waals surface area contributed by atoms with Crippen LogP contribution >= 0.6 is 0 Å². The van der Waals surface area contributed by atoms with Crippen LogP contribution in [-0.4, -0.2) is 61.1 Å². The van der Waals surface area contributed by atoms with Gasteiger partial charge in [0.1, 0.15) is 0 Å². The van der Waals surface area contributed by atoms with Crippen LogP contribution in [0.15, 0.2) is 0 Å². The molecule has 0 radical (unpaired) electrons. The van der Waals surface area contributed by atoms with Gasteiger partial charge in [-0.15, -0.1) is 0 Å². The Bertz CT molecular complexity index is 275. The van der Waals surface area contributed by atoms with Crippen molar-refractivity contribution in [3.63, 3.8) is 0 Å². The zero-order valence-electron chi connectivity index (χ0n) is 13.3. The van der Waals surface area contributed by atoms with Gasteiger partial charge in [-0.3, -0.25) is 4.79 Å². The van der Waals surface area contributed by atoms with E-state index in [-0.39, 0.29) is 12.1 Å². The number of nitrogens with zero attached hydrogens (tertiary/aromatic N) is 2. The molecular weight excluding hydrogens is 240 g/mol. The Hall–Kier alpha value is -0.610. The van der Waals surface area contributed by atoms with Gasteiger partial charge < -0.3 is 14.5 Å². The number of likely N-dealkylation sites (tertiary alicyclic amines) is 1. The smallest absolute Gasteiger partial charge is 0.210 e. The molecule has 1 heterocycles. The fraction of sp³-hybridized carbons (Fsp3) is 0.933. The summed E-state index contributed by atoms with van der Waals surface area (Å²) in [4.78, 5) is 15.8. The highest BCUT2D eigenvalue weighted by Gasteiger charge is 2.33. The topological polar surface area (TPSA) is 32.8 Å². The molecule has 0 N–H and O–H groups in total. The molecule has 0 aromatic heterocycles. The van der Waals surface area contributed by atoms with Crippen LogP contribution in [-0.2, 0) is 9.53 Å². The largest absolute Gasteiger partial charge is 0.380 e. The van der Waals surface area contributed by atoms with Gasteiger partial charge >= 0.3 is 0 Å². The average Bonchev–Trinajstić information content (AvgIpc) is 2.29. The number of carbonyl (C=O) groups excluding carboxylic acids is 1. The molecule has 1 amide bonds. The summed E-state index contributed by atoms with van der Waals surface area (Å²) in [7, 11) is 1.72. The zero-order chi connectivity index (χ0) is 14.6. The first kappa shape index (κ1) is 16.4. The Balaban J connectivity index is 2.54. The van der Waals surface area contributed by atoms with Gasteiger partial charge in [0, 0.05) is 38.7 Å². The first-order valence-electron chi connectivity index (χ1n) is 7.38. The van der Waals surface area contributed by atoms with Gasteiger partial charge in [0.15, 0.2) is 0 Å². The van der Waals surface area contributed by atoms with Crippen LogP contribution in [0.25, 0.3) is 0 Å². The summed E-state index contributed by atoms with van der Waals surface area (Å²) in [5.74, 6) is 1.01. The third kappa shape index (κ3) is 4.18. The van der Waals surface area contributed by atoms with Crippen molar-refractivity contribution in [1.82, 2.24) is 9.80 Å². The molecule has 4 heteroatoms. The Morgan fingerprint density at radius 3 is 2.21 bits per heavy atom. The molecule has 0 aromatic rings. The first-order chi connectivity index (χ1) is 8.90. The van der Waals surface area contributed by atoms with E-state index in [1.807, 2.05) is 11.8 Å². The lowest BCUT2D eigenvalue weighted by atomic mass is 9.93. The second-order valence-corrected chi connectivity index (χ2v) is 6.39. The molecule has 1 saturated heterocycles. The summed E-state index contributed by atoms with van der Waals surface area (Å²) in [5.41, 5.74) is 0. The molecule has 19 heavy (non-hydrogen) atoms. The van der Waals surface area contributed by atoms with Crippen LogP contribution in [0.2, 0.25) is 0 Å². The number of amides is 1. The van der Waals surface area contributed by atoms with Crippen LogP contribution in [0.5, 0.6) is 0 Å². The normalized spacial score (nSPS) is 20.4. The van der Waals surface area contributed by atoms with Crippen molar-refractivity contribution < 1.29 is 9.53 Å². The lowest BCUT2D eigenvalue weighted by Crippen LogP contribution is -2.56. The molecule has 0 spiro atoms. The van der Waals surface area contributed by atoms with Gasteiger partial charge in [0.05, 0.1) is 12.1 Å². The van der Waals surface area contributed by atoms with Crippen LogP contribution in [0, 0.1) is 11.8 Å². The number of carbonyl (C=O) groups is 1. The van der Waals surface area contributed by atoms with Crippen LogP contribution < -0.4 is 0 Å².